The van der Waals surface area contributed by atoms with Crippen molar-refractivity contribution in [1.82, 2.24) is 0 Å². The molecule has 0 amide bonds. The van der Waals surface area contributed by atoms with E-state index >= 15 is 0 Å². The Morgan fingerprint density at radius 3 is 2.53 bits per heavy atom. The Labute approximate surface area is 106 Å². The lowest BCUT2D eigenvalue weighted by Crippen LogP contribution is -2.42. The molecule has 0 spiro atoms. The molecule has 1 heterocycles. The van der Waals surface area contributed by atoms with E-state index in [-0.39, 0.29) is 17.2 Å². The first kappa shape index (κ1) is 14.9. The van der Waals surface area contributed by atoms with Gasteiger partial charge in [0, 0.05) is 0 Å². The quantitative estimate of drug-likeness (QED) is 0.452. The maximum atomic E-state index is 9.71. The Morgan fingerprint density at radius 2 is 2.06 bits per heavy atom. The Hall–Kier alpha value is -0.163. The van der Waals surface area contributed by atoms with Crippen molar-refractivity contribution in [2.24, 2.45) is 0 Å². The van der Waals surface area contributed by atoms with E-state index in [4.69, 9.17) is 9.16 Å². The van der Waals surface area contributed by atoms with Gasteiger partial charge in [0.1, 0.15) is 12.2 Å². The van der Waals surface area contributed by atoms with Crippen LogP contribution in [0.5, 0.6) is 0 Å². The molecule has 3 nitrogen and oxygen atoms in total. The van der Waals surface area contributed by atoms with Gasteiger partial charge in [-0.25, -0.2) is 0 Å². The van der Waals surface area contributed by atoms with Crippen LogP contribution in [0.2, 0.25) is 18.1 Å². The van der Waals surface area contributed by atoms with Gasteiger partial charge in [-0.15, -0.1) is 6.58 Å². The third kappa shape index (κ3) is 3.91. The van der Waals surface area contributed by atoms with Gasteiger partial charge in [-0.2, -0.15) is 0 Å². The van der Waals surface area contributed by atoms with E-state index in [9.17, 15) is 5.11 Å². The molecule has 0 unspecified atom stereocenters. The lowest BCUT2D eigenvalue weighted by molar-refractivity contribution is 0.138. The third-order valence-electron chi connectivity index (χ3n) is 3.82. The second-order valence-electron chi connectivity index (χ2n) is 6.30. The van der Waals surface area contributed by atoms with E-state index in [1.807, 2.05) is 0 Å². The lowest BCUT2D eigenvalue weighted by Gasteiger charge is -2.36. The standard InChI is InChI=1S/C13H26O3Si/c1-7-8-10(14)12-11(16-12)9-15-17(5,6)13(2,3)4/h7,10-12,14H,1,8-9H2,2-6H3/t10-,11-,12-/m0/s1. The molecule has 0 aromatic rings. The third-order valence-corrected chi connectivity index (χ3v) is 8.32. The summed E-state index contributed by atoms with van der Waals surface area (Å²) >= 11 is 0. The topological polar surface area (TPSA) is 42.0 Å². The molecule has 1 aliphatic heterocycles. The Morgan fingerprint density at radius 1 is 1.47 bits per heavy atom. The fraction of sp³-hybridized carbons (Fsp3) is 0.846. The van der Waals surface area contributed by atoms with Gasteiger partial charge in [-0.05, 0) is 24.6 Å². The first-order chi connectivity index (χ1) is 7.69. The van der Waals surface area contributed by atoms with Gasteiger partial charge in [0.15, 0.2) is 8.32 Å². The molecule has 0 aliphatic carbocycles. The van der Waals surface area contributed by atoms with Gasteiger partial charge < -0.3 is 14.3 Å². The molecule has 3 atom stereocenters. The van der Waals surface area contributed by atoms with E-state index in [1.165, 1.54) is 0 Å². The van der Waals surface area contributed by atoms with E-state index in [2.05, 4.69) is 40.4 Å². The summed E-state index contributed by atoms with van der Waals surface area (Å²) in [6, 6.07) is 0. The first-order valence-electron chi connectivity index (χ1n) is 6.27. The molecule has 1 N–H and O–H groups in total. The molecular weight excluding hydrogens is 232 g/mol. The first-order valence-corrected chi connectivity index (χ1v) is 9.18. The van der Waals surface area contributed by atoms with Crippen molar-refractivity contribution >= 4 is 8.32 Å². The highest BCUT2D eigenvalue weighted by Crippen LogP contribution is 2.38. The molecule has 0 aromatic carbocycles. The number of hydrogen-bond donors (Lipinski definition) is 1. The van der Waals surface area contributed by atoms with Crippen molar-refractivity contribution in [2.75, 3.05) is 6.61 Å². The molecule has 0 saturated carbocycles. The molecule has 1 aliphatic rings. The number of rotatable bonds is 6. The van der Waals surface area contributed by atoms with Crippen molar-refractivity contribution in [2.45, 2.75) is 63.6 Å². The normalized spacial score (nSPS) is 26.7. The second-order valence-corrected chi connectivity index (χ2v) is 11.1. The molecule has 17 heavy (non-hydrogen) atoms. The lowest BCUT2D eigenvalue weighted by atomic mass is 10.1. The summed E-state index contributed by atoms with van der Waals surface area (Å²) in [5.74, 6) is 0. The minimum absolute atomic E-state index is 0.0576. The minimum atomic E-state index is -1.69. The summed E-state index contributed by atoms with van der Waals surface area (Å²) in [6.07, 6.45) is 1.89. The van der Waals surface area contributed by atoms with Gasteiger partial charge in [-0.3, -0.25) is 0 Å². The van der Waals surface area contributed by atoms with Gasteiger partial charge in [0.25, 0.3) is 0 Å². The smallest absolute Gasteiger partial charge is 0.192 e. The Bertz CT molecular complexity index is 270. The summed E-state index contributed by atoms with van der Waals surface area (Å²) in [4.78, 5) is 0. The van der Waals surface area contributed by atoms with Crippen molar-refractivity contribution in [1.29, 1.82) is 0 Å². The van der Waals surface area contributed by atoms with Gasteiger partial charge >= 0.3 is 0 Å². The number of ether oxygens (including phenoxy) is 1. The highest BCUT2D eigenvalue weighted by molar-refractivity contribution is 6.74. The summed E-state index contributed by atoms with van der Waals surface area (Å²) in [5.41, 5.74) is 0. The van der Waals surface area contributed by atoms with E-state index in [1.54, 1.807) is 6.08 Å². The van der Waals surface area contributed by atoms with Crippen LogP contribution in [0.4, 0.5) is 0 Å². The zero-order valence-electron chi connectivity index (χ0n) is 11.7. The van der Waals surface area contributed by atoms with Crippen molar-refractivity contribution in [3.05, 3.63) is 12.7 Å². The molecule has 1 rings (SSSR count). The molecule has 0 aromatic heterocycles. The summed E-state index contributed by atoms with van der Waals surface area (Å²) in [7, 11) is -1.69. The molecule has 1 saturated heterocycles. The summed E-state index contributed by atoms with van der Waals surface area (Å²) < 4.78 is 11.5. The average Bonchev–Trinajstić information content (AvgIpc) is 2.92. The highest BCUT2D eigenvalue weighted by Gasteiger charge is 2.46. The zero-order valence-corrected chi connectivity index (χ0v) is 12.7. The molecule has 0 bridgehead atoms. The maximum Gasteiger partial charge on any atom is 0.192 e. The van der Waals surface area contributed by atoms with Crippen LogP contribution >= 0.6 is 0 Å². The number of aliphatic hydroxyl groups excluding tert-OH is 1. The van der Waals surface area contributed by atoms with Crippen LogP contribution in [0.3, 0.4) is 0 Å². The minimum Gasteiger partial charge on any atom is -0.414 e. The number of hydrogen-bond acceptors (Lipinski definition) is 3. The predicted molar refractivity (Wildman–Crippen MR) is 72.6 cm³/mol. The number of epoxide rings is 1. The van der Waals surface area contributed by atoms with Crippen molar-refractivity contribution in [3.8, 4) is 0 Å². The van der Waals surface area contributed by atoms with Crippen LogP contribution in [-0.2, 0) is 9.16 Å². The summed E-state index contributed by atoms with van der Waals surface area (Å²) in [6.45, 7) is 15.3. The molecule has 4 heteroatoms. The Kier molecular flexibility index (Phi) is 4.58. The van der Waals surface area contributed by atoms with Gasteiger partial charge in [0.05, 0.1) is 12.7 Å². The second kappa shape index (κ2) is 5.22. The average molecular weight is 258 g/mol. The largest absolute Gasteiger partial charge is 0.414 e. The van der Waals surface area contributed by atoms with Crippen LogP contribution in [0, 0.1) is 0 Å². The van der Waals surface area contributed by atoms with Gasteiger partial charge in [-0.1, -0.05) is 26.8 Å². The maximum absolute atomic E-state index is 9.71. The predicted octanol–water partition coefficient (Wildman–Crippen LogP) is 2.71. The van der Waals surface area contributed by atoms with Crippen LogP contribution in [0.1, 0.15) is 27.2 Å². The fourth-order valence-electron chi connectivity index (χ4n) is 1.44. The van der Waals surface area contributed by atoms with Crippen molar-refractivity contribution < 1.29 is 14.3 Å². The van der Waals surface area contributed by atoms with Crippen LogP contribution in [0.25, 0.3) is 0 Å². The van der Waals surface area contributed by atoms with Crippen molar-refractivity contribution in [3.63, 3.8) is 0 Å². The number of aliphatic hydroxyl groups is 1. The monoisotopic (exact) mass is 258 g/mol. The molecule has 100 valence electrons. The van der Waals surface area contributed by atoms with Gasteiger partial charge in [0.2, 0.25) is 0 Å². The van der Waals surface area contributed by atoms with E-state index < -0.39 is 14.4 Å². The zero-order chi connectivity index (χ0) is 13.3. The fourth-order valence-corrected chi connectivity index (χ4v) is 2.45. The summed E-state index contributed by atoms with van der Waals surface area (Å²) in [5, 5.41) is 9.93. The molecule has 1 fully saturated rings. The SMILES string of the molecule is C=CC[C@H](O)[C@@H]1O[C@H]1CO[Si](C)(C)C(C)(C)C. The van der Waals surface area contributed by atoms with Crippen LogP contribution in [0.15, 0.2) is 12.7 Å². The molecular formula is C13H26O3Si. The highest BCUT2D eigenvalue weighted by atomic mass is 28.4. The Balaban J connectivity index is 2.33. The van der Waals surface area contributed by atoms with Crippen LogP contribution in [-0.4, -0.2) is 38.3 Å². The van der Waals surface area contributed by atoms with E-state index in [0.717, 1.165) is 0 Å². The molecule has 0 radical (unpaired) electrons. The van der Waals surface area contributed by atoms with E-state index in [0.29, 0.717) is 13.0 Å². The van der Waals surface area contributed by atoms with Crippen LogP contribution < -0.4 is 0 Å².